The summed E-state index contributed by atoms with van der Waals surface area (Å²) in [5.41, 5.74) is 6.41. The summed E-state index contributed by atoms with van der Waals surface area (Å²) in [7, 11) is 0. The van der Waals surface area contributed by atoms with Crippen LogP contribution in [-0.4, -0.2) is 42.8 Å². The van der Waals surface area contributed by atoms with Gasteiger partial charge in [0.2, 0.25) is 0 Å². The zero-order chi connectivity index (χ0) is 14.0. The number of ether oxygens (including phenoxy) is 1. The van der Waals surface area contributed by atoms with Gasteiger partial charge in [0, 0.05) is 25.2 Å². The van der Waals surface area contributed by atoms with Crippen LogP contribution in [0.1, 0.15) is 47.0 Å². The molecule has 3 heteroatoms. The quantitative estimate of drug-likeness (QED) is 0.851. The maximum absolute atomic E-state index is 6.20. The van der Waals surface area contributed by atoms with Crippen molar-refractivity contribution in [3.05, 3.63) is 0 Å². The van der Waals surface area contributed by atoms with Crippen molar-refractivity contribution in [1.29, 1.82) is 0 Å². The Morgan fingerprint density at radius 2 is 2.00 bits per heavy atom. The van der Waals surface area contributed by atoms with Crippen LogP contribution in [-0.2, 0) is 4.74 Å². The monoisotopic (exact) mass is 268 g/mol. The van der Waals surface area contributed by atoms with Gasteiger partial charge in [-0.2, -0.15) is 0 Å². The van der Waals surface area contributed by atoms with Crippen molar-refractivity contribution in [1.82, 2.24) is 4.90 Å². The van der Waals surface area contributed by atoms with Gasteiger partial charge in [-0.3, -0.25) is 4.90 Å². The Hall–Kier alpha value is -0.120. The molecule has 0 amide bonds. The topological polar surface area (TPSA) is 38.5 Å². The van der Waals surface area contributed by atoms with E-state index in [1.54, 1.807) is 0 Å². The van der Waals surface area contributed by atoms with Crippen molar-refractivity contribution in [2.75, 3.05) is 26.2 Å². The highest BCUT2D eigenvalue weighted by Crippen LogP contribution is 2.37. The first kappa shape index (κ1) is 15.3. The molecule has 0 aromatic carbocycles. The zero-order valence-electron chi connectivity index (χ0n) is 13.2. The van der Waals surface area contributed by atoms with Crippen LogP contribution in [0.2, 0.25) is 0 Å². The van der Waals surface area contributed by atoms with Crippen LogP contribution in [0.5, 0.6) is 0 Å². The number of hydrogen-bond acceptors (Lipinski definition) is 3. The van der Waals surface area contributed by atoms with Gasteiger partial charge >= 0.3 is 0 Å². The molecule has 2 heterocycles. The van der Waals surface area contributed by atoms with Crippen molar-refractivity contribution >= 4 is 0 Å². The second kappa shape index (κ2) is 6.11. The van der Waals surface area contributed by atoms with Crippen LogP contribution >= 0.6 is 0 Å². The van der Waals surface area contributed by atoms with Gasteiger partial charge in [0.15, 0.2) is 0 Å². The smallest absolute Gasteiger partial charge is 0.0616 e. The molecule has 0 spiro atoms. The summed E-state index contributed by atoms with van der Waals surface area (Å²) in [5, 5.41) is 0. The van der Waals surface area contributed by atoms with Crippen LogP contribution in [0.4, 0.5) is 0 Å². The van der Waals surface area contributed by atoms with E-state index in [1.807, 2.05) is 0 Å². The Bertz CT molecular complexity index is 292. The highest BCUT2D eigenvalue weighted by atomic mass is 16.5. The molecule has 2 N–H and O–H groups in total. The number of nitrogens with zero attached hydrogens (tertiary/aromatic N) is 1. The molecule has 112 valence electrons. The SMILES string of the molecule is CC(C)C1CCN(C2(CN)CCOC(C(C)C)C2)C1. The fraction of sp³-hybridized carbons (Fsp3) is 1.00. The molecule has 0 aromatic heterocycles. The third kappa shape index (κ3) is 3.14. The molecule has 0 saturated carbocycles. The predicted molar refractivity (Wildman–Crippen MR) is 80.1 cm³/mol. The van der Waals surface area contributed by atoms with Crippen molar-refractivity contribution in [3.8, 4) is 0 Å². The summed E-state index contributed by atoms with van der Waals surface area (Å²) in [4.78, 5) is 2.69. The average Bonchev–Trinajstić information content (AvgIpc) is 2.89. The van der Waals surface area contributed by atoms with Gasteiger partial charge in [-0.25, -0.2) is 0 Å². The summed E-state index contributed by atoms with van der Waals surface area (Å²) in [6.07, 6.45) is 3.95. The third-order valence-electron chi connectivity index (χ3n) is 5.44. The van der Waals surface area contributed by atoms with Crippen LogP contribution < -0.4 is 5.73 Å². The lowest BCUT2D eigenvalue weighted by molar-refractivity contribution is -0.0832. The molecule has 2 saturated heterocycles. The molecule has 19 heavy (non-hydrogen) atoms. The first-order valence-electron chi connectivity index (χ1n) is 8.05. The van der Waals surface area contributed by atoms with E-state index < -0.39 is 0 Å². The van der Waals surface area contributed by atoms with E-state index in [1.165, 1.54) is 19.5 Å². The lowest BCUT2D eigenvalue weighted by Crippen LogP contribution is -2.58. The lowest BCUT2D eigenvalue weighted by atomic mass is 9.81. The van der Waals surface area contributed by atoms with E-state index in [0.29, 0.717) is 12.0 Å². The summed E-state index contributed by atoms with van der Waals surface area (Å²) in [5.74, 6) is 2.24. The highest BCUT2D eigenvalue weighted by Gasteiger charge is 2.44. The highest BCUT2D eigenvalue weighted by molar-refractivity contribution is 4.99. The van der Waals surface area contributed by atoms with Crippen molar-refractivity contribution in [2.45, 2.75) is 58.6 Å². The molecule has 2 rings (SSSR count). The maximum Gasteiger partial charge on any atom is 0.0616 e. The van der Waals surface area contributed by atoms with Crippen molar-refractivity contribution < 1.29 is 4.74 Å². The Morgan fingerprint density at radius 1 is 1.26 bits per heavy atom. The number of nitrogens with two attached hydrogens (primary N) is 1. The molecule has 0 bridgehead atoms. The number of likely N-dealkylation sites (tertiary alicyclic amines) is 1. The Morgan fingerprint density at radius 3 is 2.53 bits per heavy atom. The minimum atomic E-state index is 0.205. The summed E-state index contributed by atoms with van der Waals surface area (Å²) >= 11 is 0. The number of rotatable bonds is 4. The van der Waals surface area contributed by atoms with Gasteiger partial charge < -0.3 is 10.5 Å². The molecular weight excluding hydrogens is 236 g/mol. The molecule has 3 atom stereocenters. The largest absolute Gasteiger partial charge is 0.378 e. The van der Waals surface area contributed by atoms with Crippen molar-refractivity contribution in [3.63, 3.8) is 0 Å². The summed E-state index contributed by atoms with van der Waals surface area (Å²) < 4.78 is 5.95. The fourth-order valence-electron chi connectivity index (χ4n) is 3.73. The normalized spacial score (nSPS) is 37.4. The molecule has 2 aliphatic rings. The standard InChI is InChI=1S/C16H32N2O/c1-12(2)14-5-7-18(10-14)16(11-17)6-8-19-15(9-16)13(3)4/h12-15H,5-11,17H2,1-4H3. The molecule has 0 radical (unpaired) electrons. The minimum absolute atomic E-state index is 0.205. The van der Waals surface area contributed by atoms with Gasteiger partial charge in [-0.1, -0.05) is 27.7 Å². The Kier molecular flexibility index (Phi) is 4.91. The molecular formula is C16H32N2O. The number of hydrogen-bond donors (Lipinski definition) is 1. The first-order chi connectivity index (χ1) is 8.98. The lowest BCUT2D eigenvalue weighted by Gasteiger charge is -2.47. The van der Waals surface area contributed by atoms with Crippen molar-refractivity contribution in [2.24, 2.45) is 23.5 Å². The van der Waals surface area contributed by atoms with E-state index in [0.717, 1.165) is 37.8 Å². The minimum Gasteiger partial charge on any atom is -0.378 e. The zero-order valence-corrected chi connectivity index (χ0v) is 13.2. The molecule has 0 aliphatic carbocycles. The van der Waals surface area contributed by atoms with E-state index in [4.69, 9.17) is 10.5 Å². The van der Waals surface area contributed by atoms with Crippen LogP contribution in [0.3, 0.4) is 0 Å². The van der Waals surface area contributed by atoms with E-state index in [2.05, 4.69) is 32.6 Å². The third-order valence-corrected chi connectivity index (χ3v) is 5.44. The van der Waals surface area contributed by atoms with E-state index in [9.17, 15) is 0 Å². The van der Waals surface area contributed by atoms with Gasteiger partial charge in [-0.15, -0.1) is 0 Å². The van der Waals surface area contributed by atoms with E-state index in [-0.39, 0.29) is 5.54 Å². The second-order valence-electron chi connectivity index (χ2n) is 7.27. The van der Waals surface area contributed by atoms with Crippen LogP contribution in [0, 0.1) is 17.8 Å². The van der Waals surface area contributed by atoms with Gasteiger partial charge in [-0.05, 0) is 43.6 Å². The van der Waals surface area contributed by atoms with Crippen LogP contribution in [0.15, 0.2) is 0 Å². The molecule has 3 unspecified atom stereocenters. The first-order valence-corrected chi connectivity index (χ1v) is 8.05. The summed E-state index contributed by atoms with van der Waals surface area (Å²) in [6.45, 7) is 13.3. The predicted octanol–water partition coefficient (Wildman–Crippen LogP) is 2.50. The van der Waals surface area contributed by atoms with Gasteiger partial charge in [0.05, 0.1) is 6.10 Å². The van der Waals surface area contributed by atoms with Gasteiger partial charge in [0.25, 0.3) is 0 Å². The molecule has 2 fully saturated rings. The van der Waals surface area contributed by atoms with Gasteiger partial charge in [0.1, 0.15) is 0 Å². The molecule has 3 nitrogen and oxygen atoms in total. The Labute approximate surface area is 118 Å². The van der Waals surface area contributed by atoms with Crippen LogP contribution in [0.25, 0.3) is 0 Å². The molecule has 2 aliphatic heterocycles. The Balaban J connectivity index is 2.06. The fourth-order valence-corrected chi connectivity index (χ4v) is 3.73. The van der Waals surface area contributed by atoms with E-state index >= 15 is 0 Å². The maximum atomic E-state index is 6.20. The average molecular weight is 268 g/mol. The molecule has 0 aromatic rings. The second-order valence-corrected chi connectivity index (χ2v) is 7.27. The summed E-state index contributed by atoms with van der Waals surface area (Å²) in [6, 6.07) is 0.